The topological polar surface area (TPSA) is 35.5 Å². The lowest BCUT2D eigenvalue weighted by atomic mass is 10.0. The fourth-order valence-electron chi connectivity index (χ4n) is 2.17. The van der Waals surface area contributed by atoms with Crippen LogP contribution in [0.1, 0.15) is 16.8 Å². The molecule has 1 aliphatic rings. The molecule has 4 heteroatoms. The van der Waals surface area contributed by atoms with Crippen LogP contribution in [0.25, 0.3) is 11.1 Å². The minimum Gasteiger partial charge on any atom is -0.490 e. The van der Waals surface area contributed by atoms with E-state index in [-0.39, 0.29) is 0 Å². The van der Waals surface area contributed by atoms with E-state index < -0.39 is 0 Å². The summed E-state index contributed by atoms with van der Waals surface area (Å²) in [5.41, 5.74) is 2.37. The van der Waals surface area contributed by atoms with E-state index in [1.165, 1.54) is 0 Å². The molecule has 0 saturated carbocycles. The normalized spacial score (nSPS) is 13.7. The zero-order valence-corrected chi connectivity index (χ0v) is 11.5. The van der Waals surface area contributed by atoms with Crippen LogP contribution in [0.4, 0.5) is 0 Å². The summed E-state index contributed by atoms with van der Waals surface area (Å²) in [5, 5.41) is 0.545. The summed E-state index contributed by atoms with van der Waals surface area (Å²) >= 11 is 6.23. The minimum atomic E-state index is 0.545. The summed E-state index contributed by atoms with van der Waals surface area (Å²) in [6, 6.07) is 11.0. The highest BCUT2D eigenvalue weighted by molar-refractivity contribution is 6.33. The molecule has 0 spiro atoms. The Bertz CT molecular complexity index is 652. The van der Waals surface area contributed by atoms with Crippen LogP contribution in [0.2, 0.25) is 5.02 Å². The largest absolute Gasteiger partial charge is 0.490 e. The van der Waals surface area contributed by atoms with Crippen LogP contribution >= 0.6 is 11.6 Å². The molecule has 3 nitrogen and oxygen atoms in total. The summed E-state index contributed by atoms with van der Waals surface area (Å²) in [6.07, 6.45) is 1.66. The van der Waals surface area contributed by atoms with Crippen molar-refractivity contribution in [3.8, 4) is 22.6 Å². The van der Waals surface area contributed by atoms with E-state index in [4.69, 9.17) is 21.1 Å². The Morgan fingerprint density at radius 2 is 1.80 bits per heavy atom. The molecule has 0 radical (unpaired) electrons. The van der Waals surface area contributed by atoms with E-state index in [0.717, 1.165) is 35.3 Å². The van der Waals surface area contributed by atoms with Crippen molar-refractivity contribution < 1.29 is 14.3 Å². The van der Waals surface area contributed by atoms with Gasteiger partial charge in [-0.05, 0) is 23.8 Å². The maximum absolute atomic E-state index is 10.7. The zero-order valence-electron chi connectivity index (χ0n) is 10.8. The van der Waals surface area contributed by atoms with Crippen LogP contribution in [0.5, 0.6) is 11.5 Å². The quantitative estimate of drug-likeness (QED) is 0.784. The molecule has 0 saturated heterocycles. The Labute approximate surface area is 122 Å². The molecule has 102 valence electrons. The fraction of sp³-hybridized carbons (Fsp3) is 0.188. The first-order valence-electron chi connectivity index (χ1n) is 6.43. The van der Waals surface area contributed by atoms with Gasteiger partial charge in [0.15, 0.2) is 11.5 Å². The molecule has 0 N–H and O–H groups in total. The molecule has 0 aliphatic carbocycles. The van der Waals surface area contributed by atoms with Crippen molar-refractivity contribution >= 4 is 17.9 Å². The van der Waals surface area contributed by atoms with Gasteiger partial charge in [-0.3, -0.25) is 4.79 Å². The average molecular weight is 289 g/mol. The molecular formula is C16H13ClO3. The first-order chi connectivity index (χ1) is 9.78. The van der Waals surface area contributed by atoms with Crippen molar-refractivity contribution in [1.82, 2.24) is 0 Å². The Kier molecular flexibility index (Phi) is 3.61. The maximum Gasteiger partial charge on any atom is 0.161 e. The molecule has 1 heterocycles. The van der Waals surface area contributed by atoms with Crippen molar-refractivity contribution in [3.05, 3.63) is 47.0 Å². The number of rotatable bonds is 2. The standard InChI is InChI=1S/C16H13ClO3/c17-14-8-11(10-18)2-4-13(14)12-3-5-15-16(9-12)20-7-1-6-19-15/h2-5,8-10H,1,6-7H2. The van der Waals surface area contributed by atoms with Crippen LogP contribution < -0.4 is 9.47 Å². The number of aldehydes is 1. The number of hydrogen-bond acceptors (Lipinski definition) is 3. The molecule has 0 atom stereocenters. The Morgan fingerprint density at radius 3 is 2.55 bits per heavy atom. The van der Waals surface area contributed by atoms with Crippen LogP contribution in [0.15, 0.2) is 36.4 Å². The molecule has 2 aromatic rings. The number of carbonyl (C=O) groups excluding carboxylic acids is 1. The second-order valence-electron chi connectivity index (χ2n) is 4.57. The average Bonchev–Trinajstić information content (AvgIpc) is 2.71. The highest BCUT2D eigenvalue weighted by atomic mass is 35.5. The second-order valence-corrected chi connectivity index (χ2v) is 4.98. The predicted molar refractivity (Wildman–Crippen MR) is 77.9 cm³/mol. The van der Waals surface area contributed by atoms with Gasteiger partial charge in [-0.15, -0.1) is 0 Å². The third kappa shape index (κ3) is 2.49. The number of benzene rings is 2. The molecule has 0 aromatic heterocycles. The fourth-order valence-corrected chi connectivity index (χ4v) is 2.47. The van der Waals surface area contributed by atoms with E-state index in [9.17, 15) is 4.79 Å². The highest BCUT2D eigenvalue weighted by Gasteiger charge is 2.12. The van der Waals surface area contributed by atoms with Crippen molar-refractivity contribution in [2.45, 2.75) is 6.42 Å². The van der Waals surface area contributed by atoms with Crippen molar-refractivity contribution in [2.75, 3.05) is 13.2 Å². The number of hydrogen-bond donors (Lipinski definition) is 0. The maximum atomic E-state index is 10.7. The lowest BCUT2D eigenvalue weighted by Crippen LogP contribution is -1.97. The summed E-state index contributed by atoms with van der Waals surface area (Å²) in [6.45, 7) is 1.31. The monoisotopic (exact) mass is 288 g/mol. The third-order valence-electron chi connectivity index (χ3n) is 3.19. The lowest BCUT2D eigenvalue weighted by molar-refractivity contribution is 0.112. The number of halogens is 1. The SMILES string of the molecule is O=Cc1ccc(-c2ccc3c(c2)OCCCO3)c(Cl)c1. The Morgan fingerprint density at radius 1 is 1.00 bits per heavy atom. The molecule has 0 unspecified atom stereocenters. The number of ether oxygens (including phenoxy) is 2. The summed E-state index contributed by atoms with van der Waals surface area (Å²) in [7, 11) is 0. The highest BCUT2D eigenvalue weighted by Crippen LogP contribution is 2.36. The number of fused-ring (bicyclic) bond motifs is 1. The molecule has 0 bridgehead atoms. The van der Waals surface area contributed by atoms with Crippen LogP contribution in [0.3, 0.4) is 0 Å². The molecule has 20 heavy (non-hydrogen) atoms. The molecule has 0 fully saturated rings. The van der Waals surface area contributed by atoms with Gasteiger partial charge in [-0.2, -0.15) is 0 Å². The van der Waals surface area contributed by atoms with Crippen molar-refractivity contribution in [1.29, 1.82) is 0 Å². The smallest absolute Gasteiger partial charge is 0.161 e. The van der Waals surface area contributed by atoms with Gasteiger partial charge in [0.05, 0.1) is 13.2 Å². The van der Waals surface area contributed by atoms with Crippen molar-refractivity contribution in [3.63, 3.8) is 0 Å². The van der Waals surface area contributed by atoms with Gasteiger partial charge < -0.3 is 9.47 Å². The van der Waals surface area contributed by atoms with E-state index in [2.05, 4.69) is 0 Å². The van der Waals surface area contributed by atoms with E-state index in [0.29, 0.717) is 23.8 Å². The van der Waals surface area contributed by atoms with E-state index in [1.54, 1.807) is 12.1 Å². The molecule has 1 aliphatic heterocycles. The summed E-state index contributed by atoms with van der Waals surface area (Å²) in [5.74, 6) is 1.49. The lowest BCUT2D eigenvalue weighted by Gasteiger charge is -2.10. The van der Waals surface area contributed by atoms with E-state index in [1.807, 2.05) is 24.3 Å². The molecule has 0 amide bonds. The summed E-state index contributed by atoms with van der Waals surface area (Å²) < 4.78 is 11.3. The first-order valence-corrected chi connectivity index (χ1v) is 6.80. The Balaban J connectivity index is 2.02. The van der Waals surface area contributed by atoms with Gasteiger partial charge in [0, 0.05) is 22.6 Å². The van der Waals surface area contributed by atoms with Gasteiger partial charge in [-0.25, -0.2) is 0 Å². The van der Waals surface area contributed by atoms with Gasteiger partial charge >= 0.3 is 0 Å². The van der Waals surface area contributed by atoms with Gasteiger partial charge in [0.25, 0.3) is 0 Å². The van der Waals surface area contributed by atoms with E-state index >= 15 is 0 Å². The molecular weight excluding hydrogens is 276 g/mol. The predicted octanol–water partition coefficient (Wildman–Crippen LogP) is 3.98. The van der Waals surface area contributed by atoms with Crippen LogP contribution in [-0.4, -0.2) is 19.5 Å². The number of carbonyl (C=O) groups is 1. The minimum absolute atomic E-state index is 0.545. The molecule has 3 rings (SSSR count). The molecule has 2 aromatic carbocycles. The summed E-state index contributed by atoms with van der Waals surface area (Å²) in [4.78, 5) is 10.7. The zero-order chi connectivity index (χ0) is 13.9. The van der Waals surface area contributed by atoms with Crippen LogP contribution in [-0.2, 0) is 0 Å². The van der Waals surface area contributed by atoms with Gasteiger partial charge in [-0.1, -0.05) is 29.8 Å². The van der Waals surface area contributed by atoms with Gasteiger partial charge in [0.2, 0.25) is 0 Å². The third-order valence-corrected chi connectivity index (χ3v) is 3.50. The second kappa shape index (κ2) is 5.55. The van der Waals surface area contributed by atoms with Gasteiger partial charge in [0.1, 0.15) is 6.29 Å². The van der Waals surface area contributed by atoms with Crippen molar-refractivity contribution in [2.24, 2.45) is 0 Å². The van der Waals surface area contributed by atoms with Crippen LogP contribution in [0, 0.1) is 0 Å². The Hall–Kier alpha value is -2.00. The first kappa shape index (κ1) is 13.0.